The Morgan fingerprint density at radius 1 is 1.17 bits per heavy atom. The summed E-state index contributed by atoms with van der Waals surface area (Å²) in [5.41, 5.74) is 3.57. The zero-order valence-electron chi connectivity index (χ0n) is 17.2. The first kappa shape index (κ1) is 19.2. The lowest BCUT2D eigenvalue weighted by molar-refractivity contribution is 0.0854. The largest absolute Gasteiger partial charge is 0.459 e. The van der Waals surface area contributed by atoms with E-state index in [0.29, 0.717) is 17.2 Å². The summed E-state index contributed by atoms with van der Waals surface area (Å²) in [4.78, 5) is 15.0. The second kappa shape index (κ2) is 8.13. The van der Waals surface area contributed by atoms with E-state index >= 15 is 0 Å². The topological polar surface area (TPSA) is 66.7 Å². The minimum Gasteiger partial charge on any atom is -0.459 e. The second-order valence-corrected chi connectivity index (χ2v) is 8.26. The van der Waals surface area contributed by atoms with E-state index in [1.165, 1.54) is 5.56 Å². The highest BCUT2D eigenvalue weighted by Gasteiger charge is 2.25. The number of hydrogen-bond acceptors (Lipinski definition) is 5. The van der Waals surface area contributed by atoms with Gasteiger partial charge in [0.15, 0.2) is 11.8 Å². The van der Waals surface area contributed by atoms with Crippen LogP contribution in [0.4, 0.5) is 10.5 Å². The summed E-state index contributed by atoms with van der Waals surface area (Å²) in [6.45, 7) is 2.94. The van der Waals surface area contributed by atoms with Crippen LogP contribution < -0.4 is 10.6 Å². The molecule has 1 aromatic heterocycles. The van der Waals surface area contributed by atoms with Crippen molar-refractivity contribution in [2.24, 2.45) is 0 Å². The SMILES string of the molecule is CN1CCC(c2cc3cccc(NC(=O)OC4NCCc5ccccc54)c3o2)CC1. The molecule has 1 atom stereocenters. The van der Waals surface area contributed by atoms with Gasteiger partial charge in [-0.05, 0) is 57.1 Å². The standard InChI is InChI=1S/C24H27N3O3/c1-27-13-10-17(11-14-27)21-15-18-6-4-8-20(22(18)29-21)26-24(28)30-23-19-7-3-2-5-16(19)9-12-25-23/h2-8,15,17,23,25H,9-14H2,1H3,(H,26,28). The van der Waals surface area contributed by atoms with Crippen LogP contribution in [-0.4, -0.2) is 37.7 Å². The second-order valence-electron chi connectivity index (χ2n) is 8.26. The van der Waals surface area contributed by atoms with Crippen LogP contribution in [0.1, 0.15) is 41.9 Å². The van der Waals surface area contributed by atoms with E-state index in [4.69, 9.17) is 9.15 Å². The summed E-state index contributed by atoms with van der Waals surface area (Å²) in [5, 5.41) is 7.16. The van der Waals surface area contributed by atoms with Gasteiger partial charge in [-0.25, -0.2) is 4.79 Å². The number of piperidine rings is 1. The van der Waals surface area contributed by atoms with E-state index in [9.17, 15) is 4.79 Å². The lowest BCUT2D eigenvalue weighted by atomic mass is 9.94. The van der Waals surface area contributed by atoms with Crippen molar-refractivity contribution >= 4 is 22.7 Å². The third-order valence-corrected chi connectivity index (χ3v) is 6.21. The molecule has 0 spiro atoms. The molecule has 2 aliphatic heterocycles. The summed E-state index contributed by atoms with van der Waals surface area (Å²) in [6.07, 6.45) is 2.18. The monoisotopic (exact) mass is 405 g/mol. The predicted octanol–water partition coefficient (Wildman–Crippen LogP) is 4.64. The molecule has 1 unspecified atom stereocenters. The zero-order valence-corrected chi connectivity index (χ0v) is 17.2. The number of benzene rings is 2. The van der Waals surface area contributed by atoms with Crippen LogP contribution >= 0.6 is 0 Å². The van der Waals surface area contributed by atoms with E-state index < -0.39 is 12.3 Å². The van der Waals surface area contributed by atoms with Crippen LogP contribution in [0.2, 0.25) is 0 Å². The van der Waals surface area contributed by atoms with Gasteiger partial charge in [0, 0.05) is 23.4 Å². The summed E-state index contributed by atoms with van der Waals surface area (Å²) in [6, 6.07) is 16.0. The number of amides is 1. The normalized spacial score (nSPS) is 20.1. The molecule has 6 nitrogen and oxygen atoms in total. The fourth-order valence-corrected chi connectivity index (χ4v) is 4.49. The van der Waals surface area contributed by atoms with E-state index in [1.54, 1.807) is 0 Å². The number of anilines is 1. The van der Waals surface area contributed by atoms with Gasteiger partial charge in [0.1, 0.15) is 5.76 Å². The number of likely N-dealkylation sites (tertiary alicyclic amines) is 1. The first-order valence-corrected chi connectivity index (χ1v) is 10.7. The smallest absolute Gasteiger partial charge is 0.413 e. The third-order valence-electron chi connectivity index (χ3n) is 6.21. The van der Waals surface area contributed by atoms with Gasteiger partial charge in [0.05, 0.1) is 5.69 Å². The molecule has 2 aromatic carbocycles. The Labute approximate surface area is 176 Å². The highest BCUT2D eigenvalue weighted by atomic mass is 16.6. The molecule has 0 bridgehead atoms. The average Bonchev–Trinajstić information content (AvgIpc) is 3.20. The fraction of sp³-hybridized carbons (Fsp3) is 0.375. The Kier molecular flexibility index (Phi) is 5.19. The molecular weight excluding hydrogens is 378 g/mol. The van der Waals surface area contributed by atoms with E-state index in [0.717, 1.165) is 55.6 Å². The van der Waals surface area contributed by atoms with Crippen LogP contribution in [0.25, 0.3) is 11.0 Å². The number of fused-ring (bicyclic) bond motifs is 2. The molecule has 30 heavy (non-hydrogen) atoms. The number of ether oxygens (including phenoxy) is 1. The van der Waals surface area contributed by atoms with Crippen LogP contribution in [0.15, 0.2) is 52.9 Å². The van der Waals surface area contributed by atoms with Crippen molar-refractivity contribution in [2.45, 2.75) is 31.4 Å². The minimum atomic E-state index is -0.492. The lowest BCUT2D eigenvalue weighted by Crippen LogP contribution is -2.34. The molecule has 6 heteroatoms. The van der Waals surface area contributed by atoms with Gasteiger partial charge in [-0.1, -0.05) is 36.4 Å². The van der Waals surface area contributed by atoms with Crippen molar-refractivity contribution in [3.05, 3.63) is 65.4 Å². The first-order valence-electron chi connectivity index (χ1n) is 10.7. The van der Waals surface area contributed by atoms with Crippen molar-refractivity contribution in [1.82, 2.24) is 10.2 Å². The average molecular weight is 405 g/mol. The number of nitrogens with zero attached hydrogens (tertiary/aromatic N) is 1. The van der Waals surface area contributed by atoms with Crippen LogP contribution in [0.3, 0.4) is 0 Å². The molecule has 3 heterocycles. The van der Waals surface area contributed by atoms with Crippen molar-refractivity contribution in [2.75, 3.05) is 32.0 Å². The maximum absolute atomic E-state index is 12.7. The highest BCUT2D eigenvalue weighted by molar-refractivity contribution is 5.97. The number of carbonyl (C=O) groups excluding carboxylic acids is 1. The van der Waals surface area contributed by atoms with E-state index in [2.05, 4.69) is 34.7 Å². The summed E-state index contributed by atoms with van der Waals surface area (Å²) >= 11 is 0. The molecule has 2 aliphatic rings. The molecule has 0 aliphatic carbocycles. The fourth-order valence-electron chi connectivity index (χ4n) is 4.49. The molecule has 1 amide bonds. The molecule has 5 rings (SSSR count). The highest BCUT2D eigenvalue weighted by Crippen LogP contribution is 2.35. The van der Waals surface area contributed by atoms with Crippen molar-refractivity contribution in [3.63, 3.8) is 0 Å². The number of furan rings is 1. The van der Waals surface area contributed by atoms with Gasteiger partial charge in [-0.2, -0.15) is 0 Å². The van der Waals surface area contributed by atoms with Gasteiger partial charge in [-0.15, -0.1) is 0 Å². The first-order chi connectivity index (χ1) is 14.7. The van der Waals surface area contributed by atoms with E-state index in [-0.39, 0.29) is 0 Å². The van der Waals surface area contributed by atoms with Gasteiger partial charge in [0.2, 0.25) is 0 Å². The zero-order chi connectivity index (χ0) is 20.5. The van der Waals surface area contributed by atoms with Crippen molar-refractivity contribution in [1.29, 1.82) is 0 Å². The quantitative estimate of drug-likeness (QED) is 0.665. The van der Waals surface area contributed by atoms with Crippen LogP contribution in [-0.2, 0) is 11.2 Å². The Hall–Kier alpha value is -2.83. The van der Waals surface area contributed by atoms with E-state index in [1.807, 2.05) is 36.4 Å². The molecule has 156 valence electrons. The molecule has 2 N–H and O–H groups in total. The number of carbonyl (C=O) groups is 1. The van der Waals surface area contributed by atoms with Gasteiger partial charge in [0.25, 0.3) is 0 Å². The summed E-state index contributed by atoms with van der Waals surface area (Å²) < 4.78 is 11.9. The maximum atomic E-state index is 12.7. The Balaban J connectivity index is 1.32. The van der Waals surface area contributed by atoms with Crippen molar-refractivity contribution < 1.29 is 13.9 Å². The lowest BCUT2D eigenvalue weighted by Gasteiger charge is -2.27. The molecular formula is C24H27N3O3. The molecule has 0 saturated carbocycles. The number of para-hydroxylation sites is 1. The summed E-state index contributed by atoms with van der Waals surface area (Å²) in [5.74, 6) is 1.43. The van der Waals surface area contributed by atoms with Crippen LogP contribution in [0, 0.1) is 0 Å². The Bertz CT molecular complexity index is 1050. The maximum Gasteiger partial charge on any atom is 0.413 e. The molecule has 3 aromatic rings. The molecule has 1 saturated heterocycles. The number of hydrogen-bond donors (Lipinski definition) is 2. The van der Waals surface area contributed by atoms with Gasteiger partial charge in [-0.3, -0.25) is 10.6 Å². The molecule has 0 radical (unpaired) electrons. The number of rotatable bonds is 3. The van der Waals surface area contributed by atoms with Gasteiger partial charge < -0.3 is 14.1 Å². The molecule has 1 fully saturated rings. The summed E-state index contributed by atoms with van der Waals surface area (Å²) in [7, 11) is 2.15. The number of nitrogens with one attached hydrogen (secondary N) is 2. The van der Waals surface area contributed by atoms with Crippen LogP contribution in [0.5, 0.6) is 0 Å². The Morgan fingerprint density at radius 2 is 2.00 bits per heavy atom. The Morgan fingerprint density at radius 3 is 2.87 bits per heavy atom. The minimum absolute atomic E-state index is 0.427. The third kappa shape index (κ3) is 3.80. The predicted molar refractivity (Wildman–Crippen MR) is 117 cm³/mol. The van der Waals surface area contributed by atoms with Gasteiger partial charge >= 0.3 is 6.09 Å². The van der Waals surface area contributed by atoms with Crippen molar-refractivity contribution in [3.8, 4) is 0 Å².